The van der Waals surface area contributed by atoms with Crippen molar-refractivity contribution < 1.29 is 0 Å². The zero-order valence-corrected chi connectivity index (χ0v) is 10.8. The predicted octanol–water partition coefficient (Wildman–Crippen LogP) is 1.11. The standard InChI is InChI=1S/C12H18N6/c1-8(13-6-10-7-14-9(2)15-10)12-17-16-11-4-3-5-18(11)12/h7-8,13H,3-6H2,1-2H3,(H,14,15). The molecule has 2 aromatic heterocycles. The number of hydrogen-bond donors (Lipinski definition) is 2. The van der Waals surface area contributed by atoms with Crippen LogP contribution in [-0.4, -0.2) is 24.7 Å². The Morgan fingerprint density at radius 2 is 2.39 bits per heavy atom. The molecule has 0 spiro atoms. The minimum absolute atomic E-state index is 0.202. The molecule has 0 amide bonds. The molecule has 0 bridgehead atoms. The Morgan fingerprint density at radius 1 is 1.50 bits per heavy atom. The number of rotatable bonds is 4. The number of fused-ring (bicyclic) bond motifs is 1. The molecule has 0 aromatic carbocycles. The summed E-state index contributed by atoms with van der Waals surface area (Å²) in [5.41, 5.74) is 1.10. The van der Waals surface area contributed by atoms with Crippen LogP contribution in [0.25, 0.3) is 0 Å². The Morgan fingerprint density at radius 3 is 3.17 bits per heavy atom. The fourth-order valence-electron chi connectivity index (χ4n) is 2.41. The van der Waals surface area contributed by atoms with Crippen molar-refractivity contribution in [3.8, 4) is 0 Å². The van der Waals surface area contributed by atoms with Gasteiger partial charge in [0, 0.05) is 31.4 Å². The second kappa shape index (κ2) is 4.53. The highest BCUT2D eigenvalue weighted by Gasteiger charge is 2.20. The van der Waals surface area contributed by atoms with Crippen molar-refractivity contribution in [2.75, 3.05) is 0 Å². The van der Waals surface area contributed by atoms with Crippen molar-refractivity contribution in [3.05, 3.63) is 29.4 Å². The van der Waals surface area contributed by atoms with Crippen LogP contribution in [0.15, 0.2) is 6.20 Å². The molecule has 3 rings (SSSR count). The Bertz CT molecular complexity index is 541. The summed E-state index contributed by atoms with van der Waals surface area (Å²) >= 11 is 0. The highest BCUT2D eigenvalue weighted by atomic mass is 15.3. The molecule has 0 saturated heterocycles. The Hall–Kier alpha value is -1.69. The van der Waals surface area contributed by atoms with Gasteiger partial charge in [-0.05, 0) is 20.3 Å². The van der Waals surface area contributed by atoms with E-state index < -0.39 is 0 Å². The number of aromatic amines is 1. The summed E-state index contributed by atoms with van der Waals surface area (Å²) in [6.07, 6.45) is 4.10. The normalized spacial score (nSPS) is 15.9. The summed E-state index contributed by atoms with van der Waals surface area (Å²) in [4.78, 5) is 7.40. The molecule has 2 aromatic rings. The average Bonchev–Trinajstić information content (AvgIpc) is 3.01. The van der Waals surface area contributed by atoms with Crippen molar-refractivity contribution >= 4 is 0 Å². The van der Waals surface area contributed by atoms with Crippen molar-refractivity contribution in [1.82, 2.24) is 30.0 Å². The third-order valence-electron chi connectivity index (χ3n) is 3.38. The van der Waals surface area contributed by atoms with Gasteiger partial charge in [0.1, 0.15) is 17.5 Å². The molecule has 0 fully saturated rings. The first-order valence-corrected chi connectivity index (χ1v) is 6.40. The molecule has 0 aliphatic carbocycles. The number of H-pyrrole nitrogens is 1. The summed E-state index contributed by atoms with van der Waals surface area (Å²) in [6, 6.07) is 0.202. The van der Waals surface area contributed by atoms with Crippen LogP contribution in [0, 0.1) is 6.92 Å². The Labute approximate surface area is 106 Å². The van der Waals surface area contributed by atoms with Gasteiger partial charge < -0.3 is 14.9 Å². The highest BCUT2D eigenvalue weighted by Crippen LogP contribution is 2.18. The van der Waals surface area contributed by atoms with Gasteiger partial charge in [0.05, 0.1) is 6.04 Å². The zero-order chi connectivity index (χ0) is 12.5. The highest BCUT2D eigenvalue weighted by molar-refractivity contribution is 5.05. The van der Waals surface area contributed by atoms with Crippen molar-refractivity contribution in [2.24, 2.45) is 0 Å². The van der Waals surface area contributed by atoms with Gasteiger partial charge in [-0.25, -0.2) is 4.98 Å². The molecule has 6 heteroatoms. The molecule has 3 heterocycles. The maximum Gasteiger partial charge on any atom is 0.149 e. The smallest absolute Gasteiger partial charge is 0.149 e. The first-order chi connectivity index (χ1) is 8.74. The van der Waals surface area contributed by atoms with Crippen LogP contribution < -0.4 is 5.32 Å². The quantitative estimate of drug-likeness (QED) is 0.847. The van der Waals surface area contributed by atoms with Crippen molar-refractivity contribution in [3.63, 3.8) is 0 Å². The molecule has 1 aliphatic heterocycles. The topological polar surface area (TPSA) is 71.4 Å². The van der Waals surface area contributed by atoms with E-state index in [1.807, 2.05) is 13.1 Å². The lowest BCUT2D eigenvalue weighted by atomic mass is 10.3. The van der Waals surface area contributed by atoms with Crippen molar-refractivity contribution in [1.29, 1.82) is 0 Å². The van der Waals surface area contributed by atoms with E-state index in [0.717, 1.165) is 42.7 Å². The van der Waals surface area contributed by atoms with Gasteiger partial charge in [-0.1, -0.05) is 0 Å². The van der Waals surface area contributed by atoms with Gasteiger partial charge >= 0.3 is 0 Å². The van der Waals surface area contributed by atoms with Crippen LogP contribution in [0.5, 0.6) is 0 Å². The van der Waals surface area contributed by atoms with Gasteiger partial charge in [0.15, 0.2) is 0 Å². The largest absolute Gasteiger partial charge is 0.345 e. The maximum absolute atomic E-state index is 4.28. The third kappa shape index (κ3) is 2.03. The molecule has 96 valence electrons. The number of nitrogens with one attached hydrogen (secondary N) is 2. The zero-order valence-electron chi connectivity index (χ0n) is 10.8. The van der Waals surface area contributed by atoms with Crippen LogP contribution in [0.4, 0.5) is 0 Å². The summed E-state index contributed by atoms with van der Waals surface area (Å²) in [5.74, 6) is 3.11. The molecule has 0 saturated carbocycles. The van der Waals surface area contributed by atoms with Crippen LogP contribution >= 0.6 is 0 Å². The summed E-state index contributed by atoms with van der Waals surface area (Å²) in [7, 11) is 0. The average molecular weight is 246 g/mol. The van der Waals surface area contributed by atoms with Gasteiger partial charge in [-0.2, -0.15) is 0 Å². The first kappa shape index (κ1) is 11.4. The predicted molar refractivity (Wildman–Crippen MR) is 66.9 cm³/mol. The number of hydrogen-bond acceptors (Lipinski definition) is 4. The monoisotopic (exact) mass is 246 g/mol. The molecule has 1 aliphatic rings. The molecule has 6 nitrogen and oxygen atoms in total. The van der Waals surface area contributed by atoms with E-state index in [1.165, 1.54) is 6.42 Å². The fraction of sp³-hybridized carbons (Fsp3) is 0.583. The van der Waals surface area contributed by atoms with Gasteiger partial charge in [-0.3, -0.25) is 0 Å². The number of nitrogens with zero attached hydrogens (tertiary/aromatic N) is 4. The molecular formula is C12H18N6. The number of aromatic nitrogens is 5. The van der Waals surface area contributed by atoms with Crippen LogP contribution in [0.2, 0.25) is 0 Å². The molecule has 1 unspecified atom stereocenters. The van der Waals surface area contributed by atoms with Crippen LogP contribution in [0.3, 0.4) is 0 Å². The number of imidazole rings is 1. The second-order valence-electron chi connectivity index (χ2n) is 4.83. The lowest BCUT2D eigenvalue weighted by Gasteiger charge is -2.12. The van der Waals surface area contributed by atoms with Gasteiger partial charge in [-0.15, -0.1) is 10.2 Å². The van der Waals surface area contributed by atoms with E-state index in [1.54, 1.807) is 0 Å². The van der Waals surface area contributed by atoms with E-state index in [2.05, 4.69) is 37.0 Å². The molecule has 1 atom stereocenters. The third-order valence-corrected chi connectivity index (χ3v) is 3.38. The second-order valence-corrected chi connectivity index (χ2v) is 4.83. The van der Waals surface area contributed by atoms with E-state index in [9.17, 15) is 0 Å². The first-order valence-electron chi connectivity index (χ1n) is 6.40. The van der Waals surface area contributed by atoms with Gasteiger partial charge in [0.25, 0.3) is 0 Å². The van der Waals surface area contributed by atoms with Crippen LogP contribution in [0.1, 0.15) is 42.6 Å². The fourth-order valence-corrected chi connectivity index (χ4v) is 2.41. The van der Waals surface area contributed by atoms with Crippen molar-refractivity contribution in [2.45, 2.75) is 45.8 Å². The Kier molecular flexibility index (Phi) is 2.87. The van der Waals surface area contributed by atoms with Gasteiger partial charge in [0.2, 0.25) is 0 Å². The molecule has 2 N–H and O–H groups in total. The van der Waals surface area contributed by atoms with E-state index in [4.69, 9.17) is 0 Å². The SMILES string of the molecule is Cc1ncc(CNC(C)c2nnc3n2CCC3)[nH]1. The van der Waals surface area contributed by atoms with E-state index in [0.29, 0.717) is 0 Å². The summed E-state index contributed by atoms with van der Waals surface area (Å²) < 4.78 is 2.23. The Balaban J connectivity index is 1.66. The number of aryl methyl sites for hydroxylation is 2. The minimum Gasteiger partial charge on any atom is -0.345 e. The lowest BCUT2D eigenvalue weighted by molar-refractivity contribution is 0.512. The van der Waals surface area contributed by atoms with E-state index in [-0.39, 0.29) is 6.04 Å². The summed E-state index contributed by atoms with van der Waals surface area (Å²) in [6.45, 7) is 5.90. The maximum atomic E-state index is 4.28. The lowest BCUT2D eigenvalue weighted by Crippen LogP contribution is -2.21. The van der Waals surface area contributed by atoms with Crippen LogP contribution in [-0.2, 0) is 19.5 Å². The summed E-state index contributed by atoms with van der Waals surface area (Å²) in [5, 5.41) is 12.0. The minimum atomic E-state index is 0.202. The molecular weight excluding hydrogens is 228 g/mol. The van der Waals surface area contributed by atoms with E-state index >= 15 is 0 Å². The molecule has 0 radical (unpaired) electrons. The molecule has 18 heavy (non-hydrogen) atoms.